The Labute approximate surface area is 172 Å². The molecule has 0 bridgehead atoms. The Morgan fingerprint density at radius 2 is 1.63 bits per heavy atom. The van der Waals surface area contributed by atoms with E-state index >= 15 is 0 Å². The van der Waals surface area contributed by atoms with Gasteiger partial charge < -0.3 is 29.0 Å². The maximum Gasteiger partial charge on any atom is 0.338 e. The molecule has 0 saturated heterocycles. The topological polar surface area (TPSA) is 109 Å². The van der Waals surface area contributed by atoms with Gasteiger partial charge in [0.2, 0.25) is 0 Å². The molecule has 9 heteroatoms. The summed E-state index contributed by atoms with van der Waals surface area (Å²) in [5.74, 6) is -0.265. The summed E-state index contributed by atoms with van der Waals surface area (Å²) in [6, 6.07) is 11.4. The van der Waals surface area contributed by atoms with Crippen LogP contribution in [0.25, 0.3) is 0 Å². The number of rotatable bonds is 7. The Morgan fingerprint density at radius 3 is 2.27 bits per heavy atom. The highest BCUT2D eigenvalue weighted by molar-refractivity contribution is 5.96. The minimum atomic E-state index is -0.648. The Morgan fingerprint density at radius 1 is 1.00 bits per heavy atom. The normalized spacial score (nSPS) is 14.4. The number of fused-ring (bicyclic) bond motifs is 1. The molecular weight excluding hydrogens is 394 g/mol. The molecule has 30 heavy (non-hydrogen) atoms. The third kappa shape index (κ3) is 5.19. The molecule has 1 atom stereocenters. The van der Waals surface area contributed by atoms with E-state index in [1.165, 1.54) is 32.4 Å². The summed E-state index contributed by atoms with van der Waals surface area (Å²) >= 11 is 0. The second kappa shape index (κ2) is 9.64. The summed E-state index contributed by atoms with van der Waals surface area (Å²) in [5, 5.41) is 2.70. The molecule has 1 aliphatic heterocycles. The van der Waals surface area contributed by atoms with Gasteiger partial charge in [-0.15, -0.1) is 0 Å². The number of esters is 2. The van der Waals surface area contributed by atoms with E-state index in [1.54, 1.807) is 6.07 Å². The first kappa shape index (κ1) is 21.0. The number of hydrogen-bond acceptors (Lipinski definition) is 8. The van der Waals surface area contributed by atoms with Gasteiger partial charge in [0.1, 0.15) is 18.5 Å². The highest BCUT2D eigenvalue weighted by Gasteiger charge is 2.21. The van der Waals surface area contributed by atoms with Crippen molar-refractivity contribution >= 4 is 17.8 Å². The van der Waals surface area contributed by atoms with Crippen LogP contribution in [0.1, 0.15) is 20.7 Å². The van der Waals surface area contributed by atoms with E-state index in [2.05, 4.69) is 14.8 Å². The van der Waals surface area contributed by atoms with Gasteiger partial charge in [0, 0.05) is 0 Å². The lowest BCUT2D eigenvalue weighted by Gasteiger charge is -2.26. The van der Waals surface area contributed by atoms with Crippen molar-refractivity contribution in [2.45, 2.75) is 6.10 Å². The highest BCUT2D eigenvalue weighted by Crippen LogP contribution is 2.30. The van der Waals surface area contributed by atoms with Gasteiger partial charge in [-0.2, -0.15) is 0 Å². The summed E-state index contributed by atoms with van der Waals surface area (Å²) in [6.07, 6.45) is -0.336. The predicted octanol–water partition coefficient (Wildman–Crippen LogP) is 1.59. The van der Waals surface area contributed by atoms with Crippen LogP contribution in [-0.4, -0.2) is 57.9 Å². The smallest absolute Gasteiger partial charge is 0.338 e. The fourth-order valence-corrected chi connectivity index (χ4v) is 2.75. The molecule has 1 aliphatic rings. The Hall–Kier alpha value is -3.75. The van der Waals surface area contributed by atoms with Crippen LogP contribution in [0.5, 0.6) is 17.2 Å². The molecule has 0 spiro atoms. The zero-order chi connectivity index (χ0) is 21.5. The van der Waals surface area contributed by atoms with Crippen LogP contribution in [0.2, 0.25) is 0 Å². The zero-order valence-electron chi connectivity index (χ0n) is 16.5. The molecule has 3 rings (SSSR count). The summed E-state index contributed by atoms with van der Waals surface area (Å²) < 4.78 is 26.1. The SMILES string of the molecule is COC(=O)c1cc(OCC(=O)NC[C@H]2COc3ccccc3O2)cc(C(=O)OC)c1. The third-order valence-electron chi connectivity index (χ3n) is 4.21. The average Bonchev–Trinajstić information content (AvgIpc) is 2.79. The second-order valence-corrected chi connectivity index (χ2v) is 6.32. The van der Waals surface area contributed by atoms with Crippen molar-refractivity contribution in [3.05, 3.63) is 53.6 Å². The van der Waals surface area contributed by atoms with Gasteiger partial charge in [-0.3, -0.25) is 4.79 Å². The standard InChI is InChI=1S/C21H21NO8/c1-26-20(24)13-7-14(21(25)27-2)9-15(8-13)28-12-19(23)22-10-16-11-29-17-5-3-4-6-18(17)30-16/h3-9,16H,10-12H2,1-2H3,(H,22,23)/t16-/m0/s1. The van der Waals surface area contributed by atoms with E-state index in [9.17, 15) is 14.4 Å². The average molecular weight is 415 g/mol. The first-order chi connectivity index (χ1) is 14.5. The minimum Gasteiger partial charge on any atom is -0.486 e. The number of methoxy groups -OCH3 is 2. The zero-order valence-corrected chi connectivity index (χ0v) is 16.5. The van der Waals surface area contributed by atoms with Crippen LogP contribution in [-0.2, 0) is 14.3 Å². The molecule has 0 aliphatic carbocycles. The van der Waals surface area contributed by atoms with Crippen molar-refractivity contribution in [3.63, 3.8) is 0 Å². The maximum atomic E-state index is 12.1. The van der Waals surface area contributed by atoms with E-state index in [1.807, 2.05) is 18.2 Å². The first-order valence-corrected chi connectivity index (χ1v) is 9.10. The monoisotopic (exact) mass is 415 g/mol. The molecule has 0 fully saturated rings. The third-order valence-corrected chi connectivity index (χ3v) is 4.21. The minimum absolute atomic E-state index is 0.0993. The fraction of sp³-hybridized carbons (Fsp3) is 0.286. The van der Waals surface area contributed by atoms with Gasteiger partial charge in [-0.1, -0.05) is 12.1 Å². The van der Waals surface area contributed by atoms with Crippen molar-refractivity contribution in [2.75, 3.05) is 34.0 Å². The summed E-state index contributed by atoms with van der Waals surface area (Å²) in [4.78, 5) is 35.7. The lowest BCUT2D eigenvalue weighted by atomic mass is 10.1. The molecule has 1 amide bonds. The summed E-state index contributed by atoms with van der Waals surface area (Å²) in [7, 11) is 2.44. The van der Waals surface area contributed by atoms with E-state index < -0.39 is 17.8 Å². The molecular formula is C21H21NO8. The molecule has 0 radical (unpaired) electrons. The van der Waals surface area contributed by atoms with Crippen molar-refractivity contribution in [1.82, 2.24) is 5.32 Å². The molecule has 1 heterocycles. The Bertz CT molecular complexity index is 908. The van der Waals surface area contributed by atoms with E-state index in [-0.39, 0.29) is 36.1 Å². The fourth-order valence-electron chi connectivity index (χ4n) is 2.75. The van der Waals surface area contributed by atoms with Crippen LogP contribution >= 0.6 is 0 Å². The second-order valence-electron chi connectivity index (χ2n) is 6.32. The lowest BCUT2D eigenvalue weighted by Crippen LogP contribution is -2.42. The van der Waals surface area contributed by atoms with Crippen LogP contribution in [0.15, 0.2) is 42.5 Å². The maximum absolute atomic E-state index is 12.1. The number of carbonyl (C=O) groups is 3. The van der Waals surface area contributed by atoms with Crippen molar-refractivity contribution in [1.29, 1.82) is 0 Å². The number of amides is 1. The van der Waals surface area contributed by atoms with Crippen LogP contribution < -0.4 is 19.5 Å². The first-order valence-electron chi connectivity index (χ1n) is 9.10. The highest BCUT2D eigenvalue weighted by atomic mass is 16.6. The number of para-hydroxylation sites is 2. The molecule has 2 aromatic rings. The number of carbonyl (C=O) groups excluding carboxylic acids is 3. The van der Waals surface area contributed by atoms with Gasteiger partial charge in [0.15, 0.2) is 18.1 Å². The quantitative estimate of drug-likeness (QED) is 0.679. The van der Waals surface area contributed by atoms with Crippen molar-refractivity contribution in [2.24, 2.45) is 0 Å². The number of benzene rings is 2. The van der Waals surface area contributed by atoms with E-state index in [0.29, 0.717) is 18.1 Å². The van der Waals surface area contributed by atoms with Gasteiger partial charge >= 0.3 is 11.9 Å². The molecule has 9 nitrogen and oxygen atoms in total. The molecule has 158 valence electrons. The van der Waals surface area contributed by atoms with Gasteiger partial charge in [0.05, 0.1) is 31.9 Å². The lowest BCUT2D eigenvalue weighted by molar-refractivity contribution is -0.123. The van der Waals surface area contributed by atoms with Crippen LogP contribution in [0, 0.1) is 0 Å². The molecule has 0 unspecified atom stereocenters. The summed E-state index contributed by atoms with van der Waals surface area (Å²) in [5.41, 5.74) is 0.199. The molecule has 1 N–H and O–H groups in total. The number of hydrogen-bond donors (Lipinski definition) is 1. The number of nitrogens with one attached hydrogen (secondary N) is 1. The molecule has 0 aromatic heterocycles. The molecule has 2 aromatic carbocycles. The van der Waals surface area contributed by atoms with Crippen LogP contribution in [0.3, 0.4) is 0 Å². The van der Waals surface area contributed by atoms with Gasteiger partial charge in [-0.05, 0) is 30.3 Å². The Balaban J connectivity index is 1.55. The van der Waals surface area contributed by atoms with Gasteiger partial charge in [-0.25, -0.2) is 9.59 Å². The van der Waals surface area contributed by atoms with E-state index in [4.69, 9.17) is 14.2 Å². The largest absolute Gasteiger partial charge is 0.486 e. The van der Waals surface area contributed by atoms with Crippen LogP contribution in [0.4, 0.5) is 0 Å². The van der Waals surface area contributed by atoms with Crippen molar-refractivity contribution < 1.29 is 38.1 Å². The Kier molecular flexibility index (Phi) is 6.74. The van der Waals surface area contributed by atoms with Gasteiger partial charge in [0.25, 0.3) is 5.91 Å². The molecule has 0 saturated carbocycles. The van der Waals surface area contributed by atoms with Crippen molar-refractivity contribution in [3.8, 4) is 17.2 Å². The predicted molar refractivity (Wildman–Crippen MR) is 104 cm³/mol. The summed E-state index contributed by atoms with van der Waals surface area (Å²) in [6.45, 7) is 0.212. The number of ether oxygens (including phenoxy) is 5. The van der Waals surface area contributed by atoms with E-state index in [0.717, 1.165) is 0 Å².